The van der Waals surface area contributed by atoms with E-state index in [2.05, 4.69) is 4.52 Å². The zero-order chi connectivity index (χ0) is 20.3. The summed E-state index contributed by atoms with van der Waals surface area (Å²) in [6.07, 6.45) is 0. The molecule has 1 aromatic heterocycles. The predicted octanol–water partition coefficient (Wildman–Crippen LogP) is 3.39. The van der Waals surface area contributed by atoms with Crippen molar-refractivity contribution < 1.29 is 33.0 Å². The standard InChI is InChI=1S/C17H14NO9P/c1-24-11-4-2-10(3-5-11)15-8-14(20)17-13(19)6-12(7-16(17)27-15)25-9-26-28(22,23)18-21/h2-8,19H,9H2,1H3,(H,22,23). The Bertz CT molecular complexity index is 1120. The van der Waals surface area contributed by atoms with Crippen LogP contribution in [0.25, 0.3) is 22.3 Å². The van der Waals surface area contributed by atoms with Crippen LogP contribution in [0.2, 0.25) is 0 Å². The smallest absolute Gasteiger partial charge is 0.490 e. The van der Waals surface area contributed by atoms with Crippen LogP contribution in [0.5, 0.6) is 17.2 Å². The average Bonchev–Trinajstić information content (AvgIpc) is 2.67. The quantitative estimate of drug-likeness (QED) is 0.342. The lowest BCUT2D eigenvalue weighted by molar-refractivity contribution is 0.106. The Kier molecular flexibility index (Phi) is 5.46. The van der Waals surface area contributed by atoms with Crippen LogP contribution in [0.1, 0.15) is 0 Å². The first-order valence-corrected chi connectivity index (χ1v) is 9.26. The Morgan fingerprint density at radius 2 is 1.86 bits per heavy atom. The lowest BCUT2D eigenvalue weighted by atomic mass is 10.1. The SMILES string of the molecule is COc1ccc(-c2cc(=O)c3c(O)cc(OCOP(=O)(O)N=O)cc3o2)cc1. The van der Waals surface area contributed by atoms with E-state index in [4.69, 9.17) is 18.8 Å². The van der Waals surface area contributed by atoms with E-state index in [0.29, 0.717) is 11.3 Å². The van der Waals surface area contributed by atoms with Gasteiger partial charge in [0.2, 0.25) is 0 Å². The first-order chi connectivity index (χ1) is 13.3. The van der Waals surface area contributed by atoms with E-state index in [1.54, 1.807) is 24.3 Å². The summed E-state index contributed by atoms with van der Waals surface area (Å²) in [5.41, 5.74) is 0.151. The molecule has 146 valence electrons. The molecule has 0 radical (unpaired) electrons. The third-order valence-electron chi connectivity index (χ3n) is 3.71. The Morgan fingerprint density at radius 3 is 2.50 bits per heavy atom. The summed E-state index contributed by atoms with van der Waals surface area (Å²) in [7, 11) is -3.11. The van der Waals surface area contributed by atoms with Crippen LogP contribution in [0.15, 0.2) is 56.6 Å². The second-order valence-corrected chi connectivity index (χ2v) is 6.89. The van der Waals surface area contributed by atoms with E-state index in [-0.39, 0.29) is 22.5 Å². The summed E-state index contributed by atoms with van der Waals surface area (Å²) in [6.45, 7) is -0.785. The van der Waals surface area contributed by atoms with Crippen molar-refractivity contribution in [1.82, 2.24) is 0 Å². The van der Waals surface area contributed by atoms with Gasteiger partial charge in [-0.25, -0.2) is 4.57 Å². The number of phenols is 1. The van der Waals surface area contributed by atoms with Gasteiger partial charge in [-0.1, -0.05) is 0 Å². The van der Waals surface area contributed by atoms with Crippen LogP contribution in [-0.4, -0.2) is 23.9 Å². The van der Waals surface area contributed by atoms with E-state index in [9.17, 15) is 19.4 Å². The van der Waals surface area contributed by atoms with E-state index >= 15 is 0 Å². The topological polar surface area (TPSA) is 145 Å². The molecule has 0 amide bonds. The van der Waals surface area contributed by atoms with E-state index in [1.165, 1.54) is 19.2 Å². The highest BCUT2D eigenvalue weighted by Gasteiger charge is 2.20. The molecule has 1 unspecified atom stereocenters. The molecule has 0 aliphatic rings. The molecule has 0 spiro atoms. The summed E-state index contributed by atoms with van der Waals surface area (Å²) in [6, 6.07) is 10.4. The number of fused-ring (bicyclic) bond motifs is 1. The zero-order valence-electron chi connectivity index (χ0n) is 14.4. The minimum Gasteiger partial charge on any atom is -0.507 e. The summed E-state index contributed by atoms with van der Waals surface area (Å²) in [5.74, 6) is 0.443. The minimum absolute atomic E-state index is 0.0222. The van der Waals surface area contributed by atoms with Crippen molar-refractivity contribution in [1.29, 1.82) is 0 Å². The lowest BCUT2D eigenvalue weighted by Crippen LogP contribution is -2.03. The number of nitrogens with zero attached hydrogens (tertiary/aromatic N) is 1. The molecule has 2 aromatic carbocycles. The molecule has 0 aliphatic heterocycles. The predicted molar refractivity (Wildman–Crippen MR) is 98.3 cm³/mol. The highest BCUT2D eigenvalue weighted by atomic mass is 31.2. The largest absolute Gasteiger partial charge is 0.507 e. The molecule has 28 heavy (non-hydrogen) atoms. The summed E-state index contributed by atoms with van der Waals surface area (Å²) in [4.78, 5) is 33.3. The normalized spacial score (nSPS) is 13.1. The van der Waals surface area contributed by atoms with Gasteiger partial charge in [-0.05, 0) is 24.3 Å². The van der Waals surface area contributed by atoms with Crippen LogP contribution in [0.3, 0.4) is 0 Å². The molecule has 3 aromatic rings. The molecular formula is C17H14NO9P. The number of benzene rings is 2. The molecular weight excluding hydrogens is 393 g/mol. The number of hydrogen-bond acceptors (Lipinski definition) is 8. The van der Waals surface area contributed by atoms with Crippen LogP contribution in [0.4, 0.5) is 0 Å². The van der Waals surface area contributed by atoms with Gasteiger partial charge in [0.15, 0.2) is 12.2 Å². The molecule has 2 N–H and O–H groups in total. The van der Waals surface area contributed by atoms with E-state index in [1.807, 2.05) is 4.95 Å². The molecule has 0 fully saturated rings. The van der Waals surface area contributed by atoms with Crippen LogP contribution in [-0.2, 0) is 9.09 Å². The maximum atomic E-state index is 12.4. The van der Waals surface area contributed by atoms with Crippen molar-refractivity contribution in [3.63, 3.8) is 0 Å². The molecule has 11 heteroatoms. The van der Waals surface area contributed by atoms with Gasteiger partial charge in [0.05, 0.1) is 7.11 Å². The number of phenolic OH excluding ortho intramolecular Hbond substituents is 1. The van der Waals surface area contributed by atoms with Crippen molar-refractivity contribution in [3.8, 4) is 28.6 Å². The van der Waals surface area contributed by atoms with Crippen LogP contribution >= 0.6 is 7.75 Å². The van der Waals surface area contributed by atoms with Gasteiger partial charge in [0.25, 0.3) is 0 Å². The number of methoxy groups -OCH3 is 1. The number of nitroso groups, excluding NO2 is 1. The van der Waals surface area contributed by atoms with Gasteiger partial charge in [-0.15, -0.1) is 4.91 Å². The molecule has 0 bridgehead atoms. The number of aromatic hydroxyl groups is 1. The van der Waals surface area contributed by atoms with Crippen molar-refractivity contribution in [2.45, 2.75) is 0 Å². The second-order valence-electron chi connectivity index (χ2n) is 5.48. The minimum atomic E-state index is -4.63. The van der Waals surface area contributed by atoms with Crippen molar-refractivity contribution >= 4 is 18.7 Å². The Morgan fingerprint density at radius 1 is 1.14 bits per heavy atom. The highest BCUT2D eigenvalue weighted by molar-refractivity contribution is 7.51. The summed E-state index contributed by atoms with van der Waals surface area (Å²) in [5, 5.41) is 10.0. The third kappa shape index (κ3) is 4.20. The maximum Gasteiger partial charge on any atom is 0.490 e. The summed E-state index contributed by atoms with van der Waals surface area (Å²) < 4.78 is 31.1. The average molecular weight is 407 g/mol. The Balaban J connectivity index is 1.96. The van der Waals surface area contributed by atoms with Gasteiger partial charge in [-0.3, -0.25) is 9.32 Å². The van der Waals surface area contributed by atoms with Gasteiger partial charge in [-0.2, -0.15) is 0 Å². The summed E-state index contributed by atoms with van der Waals surface area (Å²) >= 11 is 0. The fourth-order valence-corrected chi connectivity index (χ4v) is 2.65. The van der Waals surface area contributed by atoms with E-state index in [0.717, 1.165) is 6.07 Å². The Hall–Kier alpha value is -3.20. The number of ether oxygens (including phenoxy) is 2. The fourth-order valence-electron chi connectivity index (χ4n) is 2.41. The Labute approximate surface area is 157 Å². The molecule has 3 rings (SSSR count). The van der Waals surface area contributed by atoms with Crippen molar-refractivity contribution in [2.24, 2.45) is 4.95 Å². The number of hydrogen-bond donors (Lipinski definition) is 2. The molecule has 1 heterocycles. The first kappa shape index (κ1) is 19.6. The molecule has 0 aliphatic carbocycles. The first-order valence-electron chi connectivity index (χ1n) is 7.73. The number of rotatable bonds is 7. The van der Waals surface area contributed by atoms with Gasteiger partial charge in [0, 0.05) is 28.7 Å². The van der Waals surface area contributed by atoms with Crippen molar-refractivity contribution in [2.75, 3.05) is 13.9 Å². The monoisotopic (exact) mass is 407 g/mol. The van der Waals surface area contributed by atoms with E-state index < -0.39 is 25.7 Å². The molecule has 0 saturated heterocycles. The maximum absolute atomic E-state index is 12.4. The van der Waals surface area contributed by atoms with Crippen molar-refractivity contribution in [3.05, 3.63) is 57.6 Å². The fraction of sp³-hybridized carbons (Fsp3) is 0.118. The lowest BCUT2D eigenvalue weighted by Gasteiger charge is -2.10. The third-order valence-corrected chi connectivity index (χ3v) is 4.36. The molecule has 1 atom stereocenters. The van der Waals surface area contributed by atoms with Gasteiger partial charge >= 0.3 is 7.75 Å². The second kappa shape index (κ2) is 7.81. The zero-order valence-corrected chi connectivity index (χ0v) is 15.3. The van der Waals surface area contributed by atoms with Crippen LogP contribution < -0.4 is 14.9 Å². The van der Waals surface area contributed by atoms with Crippen LogP contribution in [0, 0.1) is 4.91 Å². The molecule has 10 nitrogen and oxygen atoms in total. The highest BCUT2D eigenvalue weighted by Crippen LogP contribution is 2.43. The van der Waals surface area contributed by atoms with Gasteiger partial charge in [0.1, 0.15) is 34.0 Å². The molecule has 0 saturated carbocycles. The van der Waals surface area contributed by atoms with Gasteiger partial charge < -0.3 is 23.9 Å².